The largest absolute Gasteiger partial charge is 0.416 e. The van der Waals surface area contributed by atoms with Gasteiger partial charge in [0.25, 0.3) is 5.91 Å². The molecule has 202 valence electrons. The Morgan fingerprint density at radius 3 is 2.36 bits per heavy atom. The van der Waals surface area contributed by atoms with Crippen molar-refractivity contribution < 1.29 is 18.0 Å². The van der Waals surface area contributed by atoms with Crippen molar-refractivity contribution in [1.82, 2.24) is 24.5 Å². The number of amides is 1. The second-order valence-electron chi connectivity index (χ2n) is 7.95. The van der Waals surface area contributed by atoms with Crippen LogP contribution >= 0.6 is 36.2 Å². The summed E-state index contributed by atoms with van der Waals surface area (Å²) >= 11 is 1.46. The molecule has 0 bridgehead atoms. The van der Waals surface area contributed by atoms with Gasteiger partial charge in [-0.2, -0.15) is 13.2 Å². The van der Waals surface area contributed by atoms with Gasteiger partial charge in [0.1, 0.15) is 10.7 Å². The second-order valence-corrected chi connectivity index (χ2v) is 8.84. The molecule has 8 nitrogen and oxygen atoms in total. The summed E-state index contributed by atoms with van der Waals surface area (Å²) in [6.07, 6.45) is 1.74. The number of aryl methyl sites for hydroxylation is 1. The van der Waals surface area contributed by atoms with Crippen LogP contribution in [0.25, 0.3) is 16.4 Å². The van der Waals surface area contributed by atoms with Gasteiger partial charge in [0.05, 0.1) is 17.6 Å². The van der Waals surface area contributed by atoms with Crippen LogP contribution in [0.4, 0.5) is 30.5 Å². The summed E-state index contributed by atoms with van der Waals surface area (Å²) in [7, 11) is 0. The number of thiazole rings is 1. The smallest absolute Gasteiger partial charge is 0.324 e. The Morgan fingerprint density at radius 2 is 1.72 bits per heavy atom. The predicted octanol–water partition coefficient (Wildman–Crippen LogP) is 6.95. The fraction of sp³-hybridized carbons (Fsp3) is 0.0800. The summed E-state index contributed by atoms with van der Waals surface area (Å²) < 4.78 is 42.0. The van der Waals surface area contributed by atoms with Gasteiger partial charge in [0.2, 0.25) is 5.95 Å². The highest BCUT2D eigenvalue weighted by atomic mass is 35.5. The molecule has 5 rings (SSSR count). The van der Waals surface area contributed by atoms with Crippen LogP contribution in [-0.2, 0) is 6.18 Å². The summed E-state index contributed by atoms with van der Waals surface area (Å²) in [6, 6.07) is 11.5. The van der Waals surface area contributed by atoms with E-state index in [9.17, 15) is 18.0 Å². The molecule has 0 unspecified atom stereocenters. The third-order valence-corrected chi connectivity index (χ3v) is 6.02. The van der Waals surface area contributed by atoms with Crippen molar-refractivity contribution in [3.8, 4) is 16.4 Å². The number of hydrogen-bond acceptors (Lipinski definition) is 7. The molecule has 2 aromatic carbocycles. The highest BCUT2D eigenvalue weighted by Crippen LogP contribution is 2.33. The van der Waals surface area contributed by atoms with Gasteiger partial charge in [-0.05, 0) is 55.5 Å². The molecule has 0 atom stereocenters. The molecule has 1 amide bonds. The van der Waals surface area contributed by atoms with Crippen molar-refractivity contribution in [1.29, 1.82) is 0 Å². The monoisotopic (exact) mass is 593 g/mol. The summed E-state index contributed by atoms with van der Waals surface area (Å²) in [6.45, 7) is 1.73. The van der Waals surface area contributed by atoms with Gasteiger partial charge in [-0.25, -0.2) is 19.9 Å². The third kappa shape index (κ3) is 7.11. The van der Waals surface area contributed by atoms with Crippen LogP contribution in [0.5, 0.6) is 0 Å². The molecule has 0 saturated heterocycles. The Hall–Kier alpha value is -4.00. The molecule has 0 fully saturated rings. The molecule has 0 aliphatic rings. The van der Waals surface area contributed by atoms with E-state index >= 15 is 0 Å². The Bertz CT molecular complexity index is 1560. The summed E-state index contributed by atoms with van der Waals surface area (Å²) in [5.41, 5.74) is 1.57. The summed E-state index contributed by atoms with van der Waals surface area (Å²) in [5.74, 6) is -0.197. The average Bonchev–Trinajstić information content (AvgIpc) is 3.56. The molecule has 14 heteroatoms. The first-order chi connectivity index (χ1) is 17.7. The Labute approximate surface area is 237 Å². The van der Waals surface area contributed by atoms with Gasteiger partial charge in [0.15, 0.2) is 0 Å². The number of carbonyl (C=O) groups is 1. The van der Waals surface area contributed by atoms with Crippen LogP contribution in [0, 0.1) is 6.92 Å². The van der Waals surface area contributed by atoms with Crippen LogP contribution in [-0.4, -0.2) is 30.4 Å². The minimum atomic E-state index is -4.59. The van der Waals surface area contributed by atoms with E-state index in [0.29, 0.717) is 23.0 Å². The number of halogens is 5. The maximum atomic E-state index is 13.5. The zero-order valence-corrected chi connectivity index (χ0v) is 22.5. The maximum Gasteiger partial charge on any atom is 0.416 e. The fourth-order valence-corrected chi connectivity index (χ4v) is 4.09. The van der Waals surface area contributed by atoms with Gasteiger partial charge in [-0.1, -0.05) is 0 Å². The normalized spacial score (nSPS) is 10.8. The first kappa shape index (κ1) is 29.6. The van der Waals surface area contributed by atoms with Gasteiger partial charge in [-0.3, -0.25) is 4.79 Å². The van der Waals surface area contributed by atoms with Gasteiger partial charge < -0.3 is 15.2 Å². The number of rotatable bonds is 6. The molecule has 0 aliphatic heterocycles. The van der Waals surface area contributed by atoms with Crippen molar-refractivity contribution >= 4 is 59.4 Å². The number of nitrogens with zero attached hydrogens (tertiary/aromatic N) is 5. The number of nitrogens with one attached hydrogen (secondary N) is 2. The lowest BCUT2D eigenvalue weighted by Crippen LogP contribution is -2.14. The zero-order valence-electron chi connectivity index (χ0n) is 20.0. The number of anilines is 3. The van der Waals surface area contributed by atoms with Crippen molar-refractivity contribution in [2.75, 3.05) is 10.6 Å². The quantitative estimate of drug-likeness (QED) is 0.221. The SMILES string of the molecule is Cc1cn(-c2cc(NC(=O)c3ccc(Nc4nccc(-c5nccs5)n4)cc3)cc(C(F)(F)F)c2)cn1.Cl.Cl. The molecule has 0 aliphatic carbocycles. The lowest BCUT2D eigenvalue weighted by Gasteiger charge is -2.14. The molecule has 5 aromatic rings. The van der Waals surface area contributed by atoms with Crippen LogP contribution in [0.15, 0.2) is 78.8 Å². The summed E-state index contributed by atoms with van der Waals surface area (Å²) in [5, 5.41) is 8.24. The van der Waals surface area contributed by atoms with E-state index in [0.717, 1.165) is 17.1 Å². The van der Waals surface area contributed by atoms with Crippen LogP contribution < -0.4 is 10.6 Å². The predicted molar refractivity (Wildman–Crippen MR) is 149 cm³/mol. The van der Waals surface area contributed by atoms with Crippen LogP contribution in [0.3, 0.4) is 0 Å². The molecule has 0 spiro atoms. The molecule has 0 saturated carbocycles. The Balaban J connectivity index is 0.00000210. The maximum absolute atomic E-state index is 13.5. The van der Waals surface area contributed by atoms with E-state index in [1.165, 1.54) is 28.3 Å². The summed E-state index contributed by atoms with van der Waals surface area (Å²) in [4.78, 5) is 29.7. The van der Waals surface area contributed by atoms with Gasteiger partial charge >= 0.3 is 6.18 Å². The highest BCUT2D eigenvalue weighted by molar-refractivity contribution is 7.13. The van der Waals surface area contributed by atoms with Crippen molar-refractivity contribution in [3.63, 3.8) is 0 Å². The van der Waals surface area contributed by atoms with E-state index < -0.39 is 17.6 Å². The third-order valence-electron chi connectivity index (χ3n) is 5.22. The van der Waals surface area contributed by atoms with Crippen molar-refractivity contribution in [3.05, 3.63) is 95.6 Å². The number of aromatic nitrogens is 5. The van der Waals surface area contributed by atoms with Crippen molar-refractivity contribution in [2.45, 2.75) is 13.1 Å². The molecule has 3 aromatic heterocycles. The average molecular weight is 594 g/mol. The molecule has 3 heterocycles. The Kier molecular flexibility index (Phi) is 9.28. The van der Waals surface area contributed by atoms with E-state index in [2.05, 4.69) is 30.6 Å². The number of carbonyl (C=O) groups excluding carboxylic acids is 1. The second kappa shape index (κ2) is 12.2. The van der Waals surface area contributed by atoms with Crippen LogP contribution in [0.2, 0.25) is 0 Å². The Morgan fingerprint density at radius 1 is 0.949 bits per heavy atom. The number of hydrogen-bond donors (Lipinski definition) is 2. The highest BCUT2D eigenvalue weighted by Gasteiger charge is 2.31. The molecule has 39 heavy (non-hydrogen) atoms. The lowest BCUT2D eigenvalue weighted by molar-refractivity contribution is -0.137. The fourth-order valence-electron chi connectivity index (χ4n) is 3.48. The molecular weight excluding hydrogens is 574 g/mol. The van der Waals surface area contributed by atoms with E-state index in [4.69, 9.17) is 0 Å². The zero-order chi connectivity index (χ0) is 26.0. The number of benzene rings is 2. The topological polar surface area (TPSA) is 97.6 Å². The first-order valence-corrected chi connectivity index (χ1v) is 11.8. The van der Waals surface area contributed by atoms with Gasteiger partial charge in [0, 0.05) is 46.6 Å². The van der Waals surface area contributed by atoms with E-state index in [-0.39, 0.29) is 41.8 Å². The van der Waals surface area contributed by atoms with Crippen molar-refractivity contribution in [2.24, 2.45) is 0 Å². The van der Waals surface area contributed by atoms with E-state index in [1.54, 1.807) is 55.8 Å². The van der Waals surface area contributed by atoms with E-state index in [1.807, 2.05) is 5.38 Å². The van der Waals surface area contributed by atoms with Crippen LogP contribution in [0.1, 0.15) is 21.6 Å². The minimum Gasteiger partial charge on any atom is -0.324 e. The molecule has 2 N–H and O–H groups in total. The standard InChI is InChI=1S/C25H18F3N7OS.2ClH/c1-15-13-35(14-31-15)20-11-17(25(26,27)28)10-19(12-20)32-22(36)16-2-4-18(5-3-16)33-24-30-7-6-21(34-24)23-29-8-9-37-23;;/h2-14H,1H3,(H,32,36)(H,30,33,34);2*1H. The molecular formula is C25H20Cl2F3N7OS. The number of imidazole rings is 1. The molecule has 0 radical (unpaired) electrons. The first-order valence-electron chi connectivity index (χ1n) is 10.9. The minimum absolute atomic E-state index is 0. The number of alkyl halides is 3. The lowest BCUT2D eigenvalue weighted by atomic mass is 10.1. The van der Waals surface area contributed by atoms with Gasteiger partial charge in [-0.15, -0.1) is 36.2 Å².